The number of anilines is 1. The van der Waals surface area contributed by atoms with Crippen molar-refractivity contribution in [2.24, 2.45) is 0 Å². The maximum atomic E-state index is 11.7. The minimum absolute atomic E-state index is 0.210. The van der Waals surface area contributed by atoms with E-state index in [4.69, 9.17) is 4.74 Å². The summed E-state index contributed by atoms with van der Waals surface area (Å²) in [4.78, 5) is 15.7. The molecule has 0 aromatic carbocycles. The van der Waals surface area contributed by atoms with Gasteiger partial charge in [0.25, 0.3) is 5.91 Å². The van der Waals surface area contributed by atoms with Crippen LogP contribution in [0.25, 0.3) is 0 Å². The van der Waals surface area contributed by atoms with Crippen molar-refractivity contribution in [3.63, 3.8) is 0 Å². The zero-order chi connectivity index (χ0) is 12.0. The smallest absolute Gasteiger partial charge is 0.254 e. The first-order chi connectivity index (χ1) is 7.65. The molecule has 0 spiro atoms. The summed E-state index contributed by atoms with van der Waals surface area (Å²) in [5, 5.41) is 2.70. The van der Waals surface area contributed by atoms with Gasteiger partial charge in [0.15, 0.2) is 0 Å². The molecule has 0 unspecified atom stereocenters. The Balaban J connectivity index is 2.57. The lowest BCUT2D eigenvalue weighted by Crippen LogP contribution is -2.28. The molecule has 16 heavy (non-hydrogen) atoms. The number of nitrogens with one attached hydrogen (secondary N) is 1. The lowest BCUT2D eigenvalue weighted by Gasteiger charge is -2.12. The maximum Gasteiger partial charge on any atom is 0.254 e. The van der Waals surface area contributed by atoms with E-state index in [-0.39, 0.29) is 5.91 Å². The maximum absolute atomic E-state index is 11.7. The van der Waals surface area contributed by atoms with Gasteiger partial charge in [0.2, 0.25) is 0 Å². The molecule has 0 aliphatic rings. The molecule has 0 saturated heterocycles. The number of aromatic nitrogens is 1. The molecule has 0 aliphatic heterocycles. The molecule has 0 aliphatic carbocycles. The van der Waals surface area contributed by atoms with E-state index in [0.717, 1.165) is 3.57 Å². The normalized spacial score (nSPS) is 11.9. The van der Waals surface area contributed by atoms with Crippen molar-refractivity contribution in [1.82, 2.24) is 4.98 Å². The van der Waals surface area contributed by atoms with Crippen LogP contribution in [0.4, 0.5) is 5.82 Å². The molecule has 0 bridgehead atoms. The minimum Gasteiger partial charge on any atom is -0.365 e. The molecule has 0 fully saturated rings. The summed E-state index contributed by atoms with van der Waals surface area (Å²) in [6.45, 7) is 5.56. The van der Waals surface area contributed by atoms with E-state index in [1.165, 1.54) is 0 Å². The Kier molecular flexibility index (Phi) is 5.41. The third kappa shape index (κ3) is 3.90. The molecule has 1 N–H and O–H groups in total. The molecule has 1 aromatic heterocycles. The summed E-state index contributed by atoms with van der Waals surface area (Å²) in [6.07, 6.45) is 2.72. The van der Waals surface area contributed by atoms with Gasteiger partial charge >= 0.3 is 0 Å². The average molecular weight is 332 g/mol. The Morgan fingerprint density at radius 2 is 2.56 bits per heavy atom. The van der Waals surface area contributed by atoms with Gasteiger partial charge < -0.3 is 10.1 Å². The Bertz CT molecular complexity index is 382. The number of carbonyl (C=O) groups is 1. The number of amides is 1. The monoisotopic (exact) mass is 332 g/mol. The Labute approximate surface area is 108 Å². The fraction of sp³-hybridized carbons (Fsp3) is 0.273. The number of hydrogen-bond acceptors (Lipinski definition) is 3. The van der Waals surface area contributed by atoms with Crippen LogP contribution in [-0.4, -0.2) is 23.6 Å². The van der Waals surface area contributed by atoms with Crippen molar-refractivity contribution in [2.45, 2.75) is 13.0 Å². The Hall–Kier alpha value is -0.950. The van der Waals surface area contributed by atoms with Gasteiger partial charge in [-0.3, -0.25) is 4.79 Å². The first-order valence-electron chi connectivity index (χ1n) is 4.79. The molecule has 1 rings (SSSR count). The van der Waals surface area contributed by atoms with Gasteiger partial charge in [-0.1, -0.05) is 6.08 Å². The summed E-state index contributed by atoms with van der Waals surface area (Å²) in [5.41, 5.74) is 0. The summed E-state index contributed by atoms with van der Waals surface area (Å²) in [5.74, 6) is 0.348. The van der Waals surface area contributed by atoms with Crippen molar-refractivity contribution in [3.05, 3.63) is 34.6 Å². The van der Waals surface area contributed by atoms with E-state index in [9.17, 15) is 4.79 Å². The van der Waals surface area contributed by atoms with Crippen molar-refractivity contribution in [1.29, 1.82) is 0 Å². The van der Waals surface area contributed by atoms with Crippen LogP contribution in [0.1, 0.15) is 6.92 Å². The number of carbonyl (C=O) groups excluding carboxylic acids is 1. The average Bonchev–Trinajstić information content (AvgIpc) is 2.28. The number of halogens is 1. The summed E-state index contributed by atoms with van der Waals surface area (Å²) in [6, 6.07) is 3.69. The van der Waals surface area contributed by atoms with Crippen LogP contribution in [0, 0.1) is 3.57 Å². The molecular weight excluding hydrogens is 319 g/mol. The third-order valence-corrected chi connectivity index (χ3v) is 2.70. The zero-order valence-corrected chi connectivity index (χ0v) is 11.1. The fourth-order valence-corrected chi connectivity index (χ4v) is 1.47. The van der Waals surface area contributed by atoms with Crippen molar-refractivity contribution >= 4 is 34.3 Å². The summed E-state index contributed by atoms with van der Waals surface area (Å²) < 4.78 is 6.10. The molecule has 1 aromatic rings. The summed E-state index contributed by atoms with van der Waals surface area (Å²) in [7, 11) is 0. The predicted octanol–water partition coefficient (Wildman–Crippen LogP) is 2.22. The third-order valence-electron chi connectivity index (χ3n) is 1.83. The standard InChI is InChI=1S/C11H13IN2O2/c1-3-7-16-8(2)11(15)14-10-9(12)5-4-6-13-10/h3-6,8H,1,7H2,2H3,(H,13,14,15)/t8-/m0/s1. The van der Waals surface area contributed by atoms with E-state index >= 15 is 0 Å². The van der Waals surface area contributed by atoms with E-state index in [1.54, 1.807) is 19.2 Å². The molecule has 5 heteroatoms. The highest BCUT2D eigenvalue weighted by Crippen LogP contribution is 2.14. The minimum atomic E-state index is -0.518. The SMILES string of the molecule is C=CCO[C@@H](C)C(=O)Nc1ncccc1I. The van der Waals surface area contributed by atoms with E-state index in [2.05, 4.69) is 39.5 Å². The van der Waals surface area contributed by atoms with Crippen LogP contribution in [0.5, 0.6) is 0 Å². The van der Waals surface area contributed by atoms with E-state index in [0.29, 0.717) is 12.4 Å². The molecule has 4 nitrogen and oxygen atoms in total. The quantitative estimate of drug-likeness (QED) is 0.664. The van der Waals surface area contributed by atoms with Crippen LogP contribution in [-0.2, 0) is 9.53 Å². The Morgan fingerprint density at radius 1 is 1.81 bits per heavy atom. The number of nitrogens with zero attached hydrogens (tertiary/aromatic N) is 1. The fourth-order valence-electron chi connectivity index (χ4n) is 0.984. The number of hydrogen-bond donors (Lipinski definition) is 1. The lowest BCUT2D eigenvalue weighted by molar-refractivity contribution is -0.125. The predicted molar refractivity (Wildman–Crippen MR) is 71.2 cm³/mol. The highest BCUT2D eigenvalue weighted by atomic mass is 127. The van der Waals surface area contributed by atoms with E-state index < -0.39 is 6.10 Å². The van der Waals surface area contributed by atoms with Gasteiger partial charge in [-0.05, 0) is 41.6 Å². The molecule has 0 saturated carbocycles. The first kappa shape index (κ1) is 13.1. The van der Waals surface area contributed by atoms with Gasteiger partial charge in [-0.25, -0.2) is 4.98 Å². The van der Waals surface area contributed by atoms with Crippen molar-refractivity contribution < 1.29 is 9.53 Å². The highest BCUT2D eigenvalue weighted by Gasteiger charge is 2.14. The zero-order valence-electron chi connectivity index (χ0n) is 8.94. The van der Waals surface area contributed by atoms with Gasteiger partial charge in [-0.15, -0.1) is 6.58 Å². The second-order valence-electron chi connectivity index (χ2n) is 3.09. The van der Waals surface area contributed by atoms with Crippen LogP contribution in [0.2, 0.25) is 0 Å². The molecule has 86 valence electrons. The molecule has 1 amide bonds. The number of rotatable bonds is 5. The summed E-state index contributed by atoms with van der Waals surface area (Å²) >= 11 is 2.11. The van der Waals surface area contributed by atoms with Crippen molar-refractivity contribution in [2.75, 3.05) is 11.9 Å². The molecular formula is C11H13IN2O2. The second-order valence-corrected chi connectivity index (χ2v) is 4.25. The largest absolute Gasteiger partial charge is 0.365 e. The second kappa shape index (κ2) is 6.59. The van der Waals surface area contributed by atoms with Crippen LogP contribution < -0.4 is 5.32 Å². The van der Waals surface area contributed by atoms with Gasteiger partial charge in [0.1, 0.15) is 11.9 Å². The molecule has 1 heterocycles. The van der Waals surface area contributed by atoms with Gasteiger partial charge in [-0.2, -0.15) is 0 Å². The van der Waals surface area contributed by atoms with Crippen molar-refractivity contribution in [3.8, 4) is 0 Å². The first-order valence-corrected chi connectivity index (χ1v) is 5.87. The topological polar surface area (TPSA) is 51.2 Å². The molecule has 1 atom stereocenters. The van der Waals surface area contributed by atoms with Gasteiger partial charge in [0.05, 0.1) is 10.2 Å². The molecule has 0 radical (unpaired) electrons. The van der Waals surface area contributed by atoms with Crippen LogP contribution in [0.15, 0.2) is 31.0 Å². The number of ether oxygens (including phenoxy) is 1. The van der Waals surface area contributed by atoms with Crippen LogP contribution >= 0.6 is 22.6 Å². The highest BCUT2D eigenvalue weighted by molar-refractivity contribution is 14.1. The van der Waals surface area contributed by atoms with Gasteiger partial charge in [0, 0.05) is 6.20 Å². The lowest BCUT2D eigenvalue weighted by atomic mass is 10.3. The Morgan fingerprint density at radius 3 is 3.19 bits per heavy atom. The van der Waals surface area contributed by atoms with E-state index in [1.807, 2.05) is 12.1 Å². The van der Waals surface area contributed by atoms with Crippen LogP contribution in [0.3, 0.4) is 0 Å². The number of pyridine rings is 1.